The Morgan fingerprint density at radius 1 is 1.23 bits per heavy atom. The van der Waals surface area contributed by atoms with Crippen LogP contribution in [0.15, 0.2) is 42.9 Å². The Labute approximate surface area is 128 Å². The molecule has 6 nitrogen and oxygen atoms in total. The lowest BCUT2D eigenvalue weighted by molar-refractivity contribution is 0.102. The van der Waals surface area contributed by atoms with Crippen molar-refractivity contribution in [1.82, 2.24) is 14.4 Å². The Hall–Kier alpha value is -2.89. The van der Waals surface area contributed by atoms with E-state index in [4.69, 9.17) is 0 Å². The van der Waals surface area contributed by atoms with Gasteiger partial charge in [0.1, 0.15) is 17.2 Å². The van der Waals surface area contributed by atoms with E-state index in [0.29, 0.717) is 11.5 Å². The molecule has 0 fully saturated rings. The number of fused-ring (bicyclic) bond motifs is 1. The van der Waals surface area contributed by atoms with Crippen LogP contribution in [0.3, 0.4) is 0 Å². The van der Waals surface area contributed by atoms with Gasteiger partial charge in [-0.05, 0) is 36.8 Å². The molecule has 3 aromatic rings. The van der Waals surface area contributed by atoms with E-state index in [9.17, 15) is 4.79 Å². The van der Waals surface area contributed by atoms with Crippen LogP contribution < -0.4 is 10.2 Å². The van der Waals surface area contributed by atoms with Crippen LogP contribution in [-0.4, -0.2) is 34.4 Å². The van der Waals surface area contributed by atoms with Gasteiger partial charge in [-0.1, -0.05) is 0 Å². The van der Waals surface area contributed by atoms with Crippen LogP contribution >= 0.6 is 0 Å². The molecule has 3 rings (SSSR count). The van der Waals surface area contributed by atoms with Gasteiger partial charge in [-0.25, -0.2) is 9.97 Å². The van der Waals surface area contributed by atoms with Crippen molar-refractivity contribution in [3.63, 3.8) is 0 Å². The highest BCUT2D eigenvalue weighted by Crippen LogP contribution is 2.15. The van der Waals surface area contributed by atoms with Crippen molar-refractivity contribution in [1.29, 1.82) is 0 Å². The van der Waals surface area contributed by atoms with E-state index in [1.165, 1.54) is 0 Å². The van der Waals surface area contributed by atoms with Crippen LogP contribution in [0.1, 0.15) is 16.1 Å². The molecule has 0 unspecified atom stereocenters. The van der Waals surface area contributed by atoms with Crippen molar-refractivity contribution >= 4 is 23.1 Å². The molecular formula is C16H17N5O. The van der Waals surface area contributed by atoms with Gasteiger partial charge < -0.3 is 14.6 Å². The normalized spacial score (nSPS) is 10.7. The number of carbonyl (C=O) groups excluding carboxylic acids is 1. The molecule has 0 atom stereocenters. The highest BCUT2D eigenvalue weighted by molar-refractivity contribution is 6.02. The molecule has 0 spiro atoms. The molecule has 1 N–H and O–H groups in total. The molecule has 6 heteroatoms. The largest absolute Gasteiger partial charge is 0.376 e. The zero-order valence-corrected chi connectivity index (χ0v) is 12.7. The number of imidazole rings is 1. The van der Waals surface area contributed by atoms with Crippen LogP contribution in [-0.2, 0) is 0 Å². The summed E-state index contributed by atoms with van der Waals surface area (Å²) in [6.07, 6.45) is 5.31. The number of nitrogens with one attached hydrogen (secondary N) is 1. The Balaban J connectivity index is 1.88. The van der Waals surface area contributed by atoms with Crippen molar-refractivity contribution in [2.75, 3.05) is 24.3 Å². The third-order valence-corrected chi connectivity index (χ3v) is 3.34. The smallest absolute Gasteiger partial charge is 0.277 e. The molecule has 3 heterocycles. The number of pyridine rings is 2. The van der Waals surface area contributed by atoms with E-state index in [1.54, 1.807) is 12.4 Å². The number of hydrogen-bond donors (Lipinski definition) is 1. The molecule has 0 bridgehead atoms. The van der Waals surface area contributed by atoms with Gasteiger partial charge in [0.2, 0.25) is 0 Å². The number of hydrogen-bond acceptors (Lipinski definition) is 4. The molecule has 0 radical (unpaired) electrons. The molecule has 0 aromatic carbocycles. The number of aryl methyl sites for hydroxylation is 1. The van der Waals surface area contributed by atoms with Crippen molar-refractivity contribution in [3.05, 3.63) is 54.1 Å². The molecule has 3 aromatic heterocycles. The van der Waals surface area contributed by atoms with E-state index < -0.39 is 0 Å². The van der Waals surface area contributed by atoms with Crippen molar-refractivity contribution in [2.24, 2.45) is 0 Å². The van der Waals surface area contributed by atoms with Gasteiger partial charge in [0, 0.05) is 32.7 Å². The maximum atomic E-state index is 12.3. The highest BCUT2D eigenvalue weighted by Gasteiger charge is 2.12. The second kappa shape index (κ2) is 5.48. The fraction of sp³-hybridized carbons (Fsp3) is 0.188. The summed E-state index contributed by atoms with van der Waals surface area (Å²) in [7, 11) is 3.93. The summed E-state index contributed by atoms with van der Waals surface area (Å²) in [5, 5.41) is 2.76. The SMILES string of the molecule is Cc1ccnc(NC(=O)c2cn3cc(N(C)C)ccc3n2)c1. The summed E-state index contributed by atoms with van der Waals surface area (Å²) in [5.74, 6) is 0.254. The molecular weight excluding hydrogens is 278 g/mol. The van der Waals surface area contributed by atoms with E-state index in [2.05, 4.69) is 15.3 Å². The molecule has 0 saturated heterocycles. The summed E-state index contributed by atoms with van der Waals surface area (Å²) >= 11 is 0. The van der Waals surface area contributed by atoms with Crippen molar-refractivity contribution < 1.29 is 4.79 Å². The summed E-state index contributed by atoms with van der Waals surface area (Å²) < 4.78 is 1.84. The Kier molecular flexibility index (Phi) is 3.50. The predicted octanol–water partition coefficient (Wildman–Crippen LogP) is 2.36. The number of rotatable bonds is 3. The van der Waals surface area contributed by atoms with Gasteiger partial charge in [-0.3, -0.25) is 4.79 Å². The van der Waals surface area contributed by atoms with Crippen molar-refractivity contribution in [2.45, 2.75) is 6.92 Å². The average molecular weight is 295 g/mol. The Bertz CT molecular complexity index is 837. The molecule has 0 aliphatic carbocycles. The molecule has 0 aliphatic rings. The lowest BCUT2D eigenvalue weighted by atomic mass is 10.3. The van der Waals surface area contributed by atoms with E-state index in [-0.39, 0.29) is 5.91 Å². The van der Waals surface area contributed by atoms with Crippen LogP contribution in [0.4, 0.5) is 11.5 Å². The van der Waals surface area contributed by atoms with Gasteiger partial charge in [-0.2, -0.15) is 0 Å². The monoisotopic (exact) mass is 295 g/mol. The minimum atomic E-state index is -0.270. The van der Waals surface area contributed by atoms with E-state index in [1.807, 2.05) is 60.8 Å². The lowest BCUT2D eigenvalue weighted by Gasteiger charge is -2.11. The van der Waals surface area contributed by atoms with Gasteiger partial charge in [0.05, 0.1) is 5.69 Å². The zero-order chi connectivity index (χ0) is 15.7. The maximum Gasteiger partial charge on any atom is 0.277 e. The number of aromatic nitrogens is 3. The van der Waals surface area contributed by atoms with Gasteiger partial charge in [0.25, 0.3) is 5.91 Å². The van der Waals surface area contributed by atoms with Crippen LogP contribution in [0.5, 0.6) is 0 Å². The minimum Gasteiger partial charge on any atom is -0.376 e. The third-order valence-electron chi connectivity index (χ3n) is 3.34. The second-order valence-corrected chi connectivity index (χ2v) is 5.35. The summed E-state index contributed by atoms with van der Waals surface area (Å²) in [5.41, 5.74) is 3.17. The molecule has 112 valence electrons. The number of nitrogens with zero attached hydrogens (tertiary/aromatic N) is 4. The first-order chi connectivity index (χ1) is 10.5. The molecule has 0 aliphatic heterocycles. The second-order valence-electron chi connectivity index (χ2n) is 5.35. The zero-order valence-electron chi connectivity index (χ0n) is 12.7. The maximum absolute atomic E-state index is 12.3. The van der Waals surface area contributed by atoms with E-state index in [0.717, 1.165) is 16.9 Å². The summed E-state index contributed by atoms with van der Waals surface area (Å²) in [6.45, 7) is 1.95. The quantitative estimate of drug-likeness (QED) is 0.805. The first kappa shape index (κ1) is 14.1. The number of amides is 1. The first-order valence-corrected chi connectivity index (χ1v) is 6.93. The van der Waals surface area contributed by atoms with Crippen molar-refractivity contribution in [3.8, 4) is 0 Å². The van der Waals surface area contributed by atoms with E-state index >= 15 is 0 Å². The lowest BCUT2D eigenvalue weighted by Crippen LogP contribution is -2.13. The predicted molar refractivity (Wildman–Crippen MR) is 86.4 cm³/mol. The molecule has 1 amide bonds. The van der Waals surface area contributed by atoms with Gasteiger partial charge >= 0.3 is 0 Å². The standard InChI is InChI=1S/C16H17N5O/c1-11-6-7-17-14(8-11)19-16(22)13-10-21-9-12(20(2)3)4-5-15(21)18-13/h4-10H,1-3H3,(H,17,19,22). The summed E-state index contributed by atoms with van der Waals surface area (Å²) in [6, 6.07) is 7.55. The topological polar surface area (TPSA) is 62.5 Å². The molecule has 22 heavy (non-hydrogen) atoms. The van der Waals surface area contributed by atoms with Crippen LogP contribution in [0.25, 0.3) is 5.65 Å². The fourth-order valence-electron chi connectivity index (χ4n) is 2.14. The van der Waals surface area contributed by atoms with Gasteiger partial charge in [-0.15, -0.1) is 0 Å². The highest BCUT2D eigenvalue weighted by atomic mass is 16.2. The number of anilines is 2. The third kappa shape index (κ3) is 2.76. The fourth-order valence-corrected chi connectivity index (χ4v) is 2.14. The average Bonchev–Trinajstić information content (AvgIpc) is 2.90. The Morgan fingerprint density at radius 3 is 2.77 bits per heavy atom. The first-order valence-electron chi connectivity index (χ1n) is 6.93. The Morgan fingerprint density at radius 2 is 2.05 bits per heavy atom. The van der Waals surface area contributed by atoms with Gasteiger partial charge in [0.15, 0.2) is 0 Å². The number of carbonyl (C=O) groups is 1. The van der Waals surface area contributed by atoms with Crippen LogP contribution in [0.2, 0.25) is 0 Å². The minimum absolute atomic E-state index is 0.270. The molecule has 0 saturated carbocycles. The van der Waals surface area contributed by atoms with Crippen LogP contribution in [0, 0.1) is 6.92 Å². The summed E-state index contributed by atoms with van der Waals surface area (Å²) in [4.78, 5) is 22.7.